The van der Waals surface area contributed by atoms with Crippen LogP contribution in [-0.2, 0) is 6.42 Å². The summed E-state index contributed by atoms with van der Waals surface area (Å²) in [5, 5.41) is 3.00. The fourth-order valence-corrected chi connectivity index (χ4v) is 3.81. The van der Waals surface area contributed by atoms with Gasteiger partial charge < -0.3 is 10.2 Å². The largest absolute Gasteiger partial charge is 0.322 e. The summed E-state index contributed by atoms with van der Waals surface area (Å²) in [7, 11) is 0. The van der Waals surface area contributed by atoms with Crippen LogP contribution in [0, 0.1) is 0 Å². The molecule has 2 amide bonds. The van der Waals surface area contributed by atoms with E-state index in [9.17, 15) is 9.59 Å². The molecule has 0 aliphatic carbocycles. The van der Waals surface area contributed by atoms with E-state index in [0.29, 0.717) is 23.6 Å². The van der Waals surface area contributed by atoms with E-state index in [-0.39, 0.29) is 11.8 Å². The molecule has 0 aromatic heterocycles. The van der Waals surface area contributed by atoms with Crippen LogP contribution in [0.2, 0.25) is 0 Å². The Kier molecular flexibility index (Phi) is 5.17. The molecule has 0 fully saturated rings. The minimum atomic E-state index is -0.213. The zero-order valence-corrected chi connectivity index (χ0v) is 16.7. The highest BCUT2D eigenvalue weighted by Crippen LogP contribution is 2.29. The number of hydrogen-bond acceptors (Lipinski definition) is 2. The number of anilines is 2. The molecule has 3 aromatic rings. The van der Waals surface area contributed by atoms with Crippen LogP contribution in [0.1, 0.15) is 51.6 Å². The number of amides is 2. The molecule has 1 aliphatic heterocycles. The summed E-state index contributed by atoms with van der Waals surface area (Å²) in [6.07, 6.45) is 0.855. The lowest BCUT2D eigenvalue weighted by molar-refractivity contribution is 0.0989. The number of fused-ring (bicyclic) bond motifs is 1. The molecule has 1 heterocycles. The molecule has 4 rings (SSSR count). The predicted molar refractivity (Wildman–Crippen MR) is 117 cm³/mol. The van der Waals surface area contributed by atoms with Crippen molar-refractivity contribution in [1.82, 2.24) is 0 Å². The molecule has 4 nitrogen and oxygen atoms in total. The molecular formula is C25H24N2O2. The van der Waals surface area contributed by atoms with E-state index in [0.717, 1.165) is 23.4 Å². The molecule has 0 bridgehead atoms. The third kappa shape index (κ3) is 3.79. The SMILES string of the molecule is CC(C)c1ccccc1NC(=O)c1cccc(C(=O)N2CCc3ccccc32)c1. The van der Waals surface area contributed by atoms with Gasteiger partial charge in [-0.15, -0.1) is 0 Å². The molecular weight excluding hydrogens is 360 g/mol. The highest BCUT2D eigenvalue weighted by atomic mass is 16.2. The predicted octanol–water partition coefficient (Wildman–Crippen LogP) is 5.27. The summed E-state index contributed by atoms with van der Waals surface area (Å²) < 4.78 is 0. The van der Waals surface area contributed by atoms with Gasteiger partial charge in [-0.25, -0.2) is 0 Å². The minimum Gasteiger partial charge on any atom is -0.322 e. The highest BCUT2D eigenvalue weighted by molar-refractivity contribution is 6.10. The number of benzene rings is 3. The second kappa shape index (κ2) is 7.92. The van der Waals surface area contributed by atoms with Crippen molar-refractivity contribution in [2.45, 2.75) is 26.2 Å². The smallest absolute Gasteiger partial charge is 0.258 e. The first-order valence-corrected chi connectivity index (χ1v) is 9.94. The molecule has 0 unspecified atom stereocenters. The van der Waals surface area contributed by atoms with Crippen LogP contribution in [0.5, 0.6) is 0 Å². The van der Waals surface area contributed by atoms with Crippen molar-refractivity contribution in [3.63, 3.8) is 0 Å². The molecule has 146 valence electrons. The van der Waals surface area contributed by atoms with Crippen molar-refractivity contribution in [2.75, 3.05) is 16.8 Å². The van der Waals surface area contributed by atoms with Gasteiger partial charge in [-0.1, -0.05) is 56.3 Å². The van der Waals surface area contributed by atoms with Crippen LogP contribution in [0.15, 0.2) is 72.8 Å². The zero-order chi connectivity index (χ0) is 20.4. The van der Waals surface area contributed by atoms with Crippen LogP contribution in [0.4, 0.5) is 11.4 Å². The quantitative estimate of drug-likeness (QED) is 0.666. The van der Waals surface area contributed by atoms with Gasteiger partial charge in [0, 0.05) is 29.0 Å². The molecule has 3 aromatic carbocycles. The number of nitrogens with one attached hydrogen (secondary N) is 1. The molecule has 1 aliphatic rings. The Morgan fingerprint density at radius 1 is 0.897 bits per heavy atom. The van der Waals surface area contributed by atoms with Crippen molar-refractivity contribution >= 4 is 23.2 Å². The van der Waals surface area contributed by atoms with Crippen LogP contribution in [0.3, 0.4) is 0 Å². The number of rotatable bonds is 4. The van der Waals surface area contributed by atoms with E-state index in [1.54, 1.807) is 29.2 Å². The Morgan fingerprint density at radius 3 is 2.45 bits per heavy atom. The molecule has 29 heavy (non-hydrogen) atoms. The van der Waals surface area contributed by atoms with E-state index in [4.69, 9.17) is 0 Å². The van der Waals surface area contributed by atoms with Crippen LogP contribution in [0.25, 0.3) is 0 Å². The summed E-state index contributed by atoms with van der Waals surface area (Å²) in [6.45, 7) is 4.85. The van der Waals surface area contributed by atoms with Gasteiger partial charge in [0.15, 0.2) is 0 Å². The monoisotopic (exact) mass is 384 g/mol. The lowest BCUT2D eigenvalue weighted by atomic mass is 10.0. The lowest BCUT2D eigenvalue weighted by Crippen LogP contribution is -2.29. The Labute approximate surface area is 171 Å². The van der Waals surface area contributed by atoms with Gasteiger partial charge in [0.2, 0.25) is 0 Å². The standard InChI is InChI=1S/C25H24N2O2/c1-17(2)21-11-4-5-12-22(21)26-24(28)19-9-7-10-20(16-19)25(29)27-15-14-18-8-3-6-13-23(18)27/h3-13,16-17H,14-15H2,1-2H3,(H,26,28). The topological polar surface area (TPSA) is 49.4 Å². The molecule has 0 saturated heterocycles. The highest BCUT2D eigenvalue weighted by Gasteiger charge is 2.25. The summed E-state index contributed by atoms with van der Waals surface area (Å²) >= 11 is 0. The van der Waals surface area contributed by atoms with Crippen molar-refractivity contribution in [2.24, 2.45) is 0 Å². The molecule has 1 N–H and O–H groups in total. The number of hydrogen-bond donors (Lipinski definition) is 1. The summed E-state index contributed by atoms with van der Waals surface area (Å²) in [5.41, 5.74) is 5.02. The minimum absolute atomic E-state index is 0.0767. The zero-order valence-electron chi connectivity index (χ0n) is 16.7. The Hall–Kier alpha value is -3.40. The third-order valence-electron chi connectivity index (χ3n) is 5.34. The molecule has 4 heteroatoms. The Balaban J connectivity index is 1.57. The van der Waals surface area contributed by atoms with Crippen molar-refractivity contribution in [1.29, 1.82) is 0 Å². The molecule has 0 spiro atoms. The maximum atomic E-state index is 13.1. The summed E-state index contributed by atoms with van der Waals surface area (Å²) in [6, 6.07) is 22.7. The summed E-state index contributed by atoms with van der Waals surface area (Å²) in [4.78, 5) is 27.7. The second-order valence-electron chi connectivity index (χ2n) is 7.61. The molecule has 0 radical (unpaired) electrons. The second-order valence-corrected chi connectivity index (χ2v) is 7.61. The van der Waals surface area contributed by atoms with Gasteiger partial charge >= 0.3 is 0 Å². The normalized spacial score (nSPS) is 12.7. The van der Waals surface area contributed by atoms with Gasteiger partial charge in [-0.05, 0) is 53.8 Å². The van der Waals surface area contributed by atoms with Gasteiger partial charge in [0.1, 0.15) is 0 Å². The van der Waals surface area contributed by atoms with Gasteiger partial charge in [-0.2, -0.15) is 0 Å². The first-order chi connectivity index (χ1) is 14.0. The van der Waals surface area contributed by atoms with E-state index in [1.807, 2.05) is 42.5 Å². The fraction of sp³-hybridized carbons (Fsp3) is 0.200. The van der Waals surface area contributed by atoms with Crippen molar-refractivity contribution in [3.8, 4) is 0 Å². The average molecular weight is 384 g/mol. The Bertz CT molecular complexity index is 1070. The molecule has 0 saturated carbocycles. The summed E-state index contributed by atoms with van der Waals surface area (Å²) in [5.74, 6) is 0.0106. The first kappa shape index (κ1) is 18.9. The number of para-hydroxylation sites is 2. The van der Waals surface area contributed by atoms with Gasteiger partial charge in [0.25, 0.3) is 11.8 Å². The molecule has 0 atom stereocenters. The number of carbonyl (C=O) groups excluding carboxylic acids is 2. The number of nitrogens with zero attached hydrogens (tertiary/aromatic N) is 1. The van der Waals surface area contributed by atoms with Crippen LogP contribution < -0.4 is 10.2 Å². The van der Waals surface area contributed by atoms with Crippen molar-refractivity contribution in [3.05, 3.63) is 95.1 Å². The lowest BCUT2D eigenvalue weighted by Gasteiger charge is -2.18. The van der Waals surface area contributed by atoms with E-state index >= 15 is 0 Å². The Morgan fingerprint density at radius 2 is 1.62 bits per heavy atom. The maximum Gasteiger partial charge on any atom is 0.258 e. The van der Waals surface area contributed by atoms with Crippen molar-refractivity contribution < 1.29 is 9.59 Å². The maximum absolute atomic E-state index is 13.1. The van der Waals surface area contributed by atoms with E-state index in [1.165, 1.54) is 5.56 Å². The fourth-order valence-electron chi connectivity index (χ4n) is 3.81. The first-order valence-electron chi connectivity index (χ1n) is 9.94. The van der Waals surface area contributed by atoms with E-state index in [2.05, 4.69) is 25.2 Å². The van der Waals surface area contributed by atoms with Crippen LogP contribution in [-0.4, -0.2) is 18.4 Å². The average Bonchev–Trinajstić information content (AvgIpc) is 3.17. The number of carbonyl (C=O) groups is 2. The van der Waals surface area contributed by atoms with E-state index < -0.39 is 0 Å². The van der Waals surface area contributed by atoms with Gasteiger partial charge in [-0.3, -0.25) is 9.59 Å². The van der Waals surface area contributed by atoms with Gasteiger partial charge in [0.05, 0.1) is 0 Å². The van der Waals surface area contributed by atoms with Crippen LogP contribution >= 0.6 is 0 Å². The third-order valence-corrected chi connectivity index (χ3v) is 5.34.